The number of benzene rings is 2. The molecule has 4 aromatic rings. The Labute approximate surface area is 168 Å². The van der Waals surface area contributed by atoms with Gasteiger partial charge in [-0.15, -0.1) is 0 Å². The summed E-state index contributed by atoms with van der Waals surface area (Å²) in [6.07, 6.45) is 3.59. The molecule has 0 aliphatic rings. The van der Waals surface area contributed by atoms with Gasteiger partial charge in [0.15, 0.2) is 0 Å². The summed E-state index contributed by atoms with van der Waals surface area (Å²) >= 11 is 0. The number of aromatic nitrogens is 3. The second-order valence-electron chi connectivity index (χ2n) is 6.99. The number of carbonyl (C=O) groups excluding carboxylic acids is 1. The molecule has 0 aliphatic carbocycles. The van der Waals surface area contributed by atoms with E-state index < -0.39 is 5.91 Å². The predicted octanol–water partition coefficient (Wildman–Crippen LogP) is 4.54. The van der Waals surface area contributed by atoms with Gasteiger partial charge in [-0.1, -0.05) is 12.1 Å². The van der Waals surface area contributed by atoms with Crippen molar-refractivity contribution in [2.75, 3.05) is 5.32 Å². The second-order valence-corrected chi connectivity index (χ2v) is 6.99. The number of anilines is 2. The van der Waals surface area contributed by atoms with E-state index in [1.165, 1.54) is 0 Å². The lowest BCUT2D eigenvalue weighted by molar-refractivity contribution is 0.0706. The van der Waals surface area contributed by atoms with Crippen molar-refractivity contribution < 1.29 is 10.0 Å². The minimum Gasteiger partial charge on any atom is -0.326 e. The van der Waals surface area contributed by atoms with Crippen LogP contribution in [0.5, 0.6) is 0 Å². The lowest BCUT2D eigenvalue weighted by Crippen LogP contribution is -2.18. The lowest BCUT2D eigenvalue weighted by atomic mass is 10.1. The minimum absolute atomic E-state index is 0.200. The monoisotopic (exact) mass is 387 g/mol. The molecule has 7 heteroatoms. The van der Waals surface area contributed by atoms with Gasteiger partial charge in [-0.3, -0.25) is 15.0 Å². The average Bonchev–Trinajstić information content (AvgIpc) is 3.11. The van der Waals surface area contributed by atoms with Crippen LogP contribution in [0.2, 0.25) is 0 Å². The van der Waals surface area contributed by atoms with Crippen LogP contribution in [0, 0.1) is 0 Å². The number of pyridine rings is 1. The van der Waals surface area contributed by atoms with Crippen molar-refractivity contribution in [3.63, 3.8) is 0 Å². The first-order valence-corrected chi connectivity index (χ1v) is 9.30. The number of hydroxylamine groups is 1. The topological polar surface area (TPSA) is 92.1 Å². The highest BCUT2D eigenvalue weighted by Gasteiger charge is 2.15. The highest BCUT2D eigenvalue weighted by molar-refractivity contribution is 5.93. The molecule has 146 valence electrons. The summed E-state index contributed by atoms with van der Waals surface area (Å²) in [6, 6.07) is 17.2. The van der Waals surface area contributed by atoms with Crippen molar-refractivity contribution in [2.24, 2.45) is 0 Å². The van der Waals surface area contributed by atoms with Crippen molar-refractivity contribution in [3.8, 4) is 11.1 Å². The summed E-state index contributed by atoms with van der Waals surface area (Å²) in [7, 11) is 0. The van der Waals surface area contributed by atoms with Crippen LogP contribution < -0.4 is 10.8 Å². The molecule has 0 unspecified atom stereocenters. The molecule has 0 saturated heterocycles. The third-order valence-electron chi connectivity index (χ3n) is 4.71. The number of nitrogens with one attached hydrogen (secondary N) is 2. The Morgan fingerprint density at radius 3 is 2.52 bits per heavy atom. The number of rotatable bonds is 5. The largest absolute Gasteiger partial charge is 0.326 e. The normalized spacial score (nSPS) is 11.0. The van der Waals surface area contributed by atoms with Crippen LogP contribution in [0.15, 0.2) is 67.0 Å². The van der Waals surface area contributed by atoms with E-state index in [4.69, 9.17) is 10.2 Å². The van der Waals surface area contributed by atoms with Crippen molar-refractivity contribution in [1.29, 1.82) is 0 Å². The summed E-state index contributed by atoms with van der Waals surface area (Å²) in [5.74, 6) is 0.173. The summed E-state index contributed by atoms with van der Waals surface area (Å²) in [5.41, 5.74) is 6.82. The standard InChI is InChI=1S/C22H21N5O2/c1-14(2)27-20-10-7-16(17-4-3-11-23-13-17)12-19(20)25-22(27)24-18-8-5-15(6-9-18)21(28)26-29/h3-14,29H,1-2H3,(H,24,25)(H,26,28). The zero-order valence-electron chi connectivity index (χ0n) is 16.1. The number of nitrogens with zero attached hydrogens (tertiary/aromatic N) is 3. The van der Waals surface area contributed by atoms with Gasteiger partial charge >= 0.3 is 0 Å². The van der Waals surface area contributed by atoms with E-state index in [1.807, 2.05) is 18.3 Å². The van der Waals surface area contributed by atoms with Gasteiger partial charge in [-0.2, -0.15) is 0 Å². The number of hydrogen-bond donors (Lipinski definition) is 3. The maximum atomic E-state index is 11.5. The molecule has 2 heterocycles. The van der Waals surface area contributed by atoms with E-state index in [1.54, 1.807) is 35.9 Å². The van der Waals surface area contributed by atoms with Gasteiger partial charge in [-0.05, 0) is 61.9 Å². The smallest absolute Gasteiger partial charge is 0.274 e. The van der Waals surface area contributed by atoms with Crippen LogP contribution >= 0.6 is 0 Å². The SMILES string of the molecule is CC(C)n1c(Nc2ccc(C(=O)NO)cc2)nc2cc(-c3cccnc3)ccc21. The predicted molar refractivity (Wildman–Crippen MR) is 112 cm³/mol. The van der Waals surface area contributed by atoms with Gasteiger partial charge in [0.05, 0.1) is 11.0 Å². The molecule has 0 fully saturated rings. The fourth-order valence-electron chi connectivity index (χ4n) is 3.32. The van der Waals surface area contributed by atoms with E-state index in [0.717, 1.165) is 33.8 Å². The van der Waals surface area contributed by atoms with Gasteiger partial charge in [0.25, 0.3) is 5.91 Å². The maximum Gasteiger partial charge on any atom is 0.274 e. The zero-order valence-corrected chi connectivity index (χ0v) is 16.1. The Hall–Kier alpha value is -3.71. The molecular formula is C22H21N5O2. The molecule has 0 bridgehead atoms. The first-order valence-electron chi connectivity index (χ1n) is 9.30. The molecule has 2 aromatic carbocycles. The molecule has 2 aromatic heterocycles. The highest BCUT2D eigenvalue weighted by atomic mass is 16.5. The molecular weight excluding hydrogens is 366 g/mol. The molecule has 0 saturated carbocycles. The molecule has 0 atom stereocenters. The maximum absolute atomic E-state index is 11.5. The van der Waals surface area contributed by atoms with Gasteiger partial charge in [-0.25, -0.2) is 10.5 Å². The lowest BCUT2D eigenvalue weighted by Gasteiger charge is -2.14. The molecule has 1 amide bonds. The zero-order chi connectivity index (χ0) is 20.4. The minimum atomic E-state index is -0.547. The molecule has 3 N–H and O–H groups in total. The molecule has 0 spiro atoms. The van der Waals surface area contributed by atoms with E-state index in [-0.39, 0.29) is 6.04 Å². The van der Waals surface area contributed by atoms with Crippen LogP contribution in [-0.2, 0) is 0 Å². The van der Waals surface area contributed by atoms with Gasteiger partial charge in [0.1, 0.15) is 0 Å². The summed E-state index contributed by atoms with van der Waals surface area (Å²) in [4.78, 5) is 20.5. The summed E-state index contributed by atoms with van der Waals surface area (Å²) in [6.45, 7) is 4.21. The Balaban J connectivity index is 1.71. The van der Waals surface area contributed by atoms with E-state index >= 15 is 0 Å². The Morgan fingerprint density at radius 2 is 1.86 bits per heavy atom. The van der Waals surface area contributed by atoms with Crippen LogP contribution in [0.3, 0.4) is 0 Å². The Bertz CT molecular complexity index is 1150. The van der Waals surface area contributed by atoms with Crippen LogP contribution in [0.25, 0.3) is 22.2 Å². The number of fused-ring (bicyclic) bond motifs is 1. The number of hydrogen-bond acceptors (Lipinski definition) is 5. The molecule has 7 nitrogen and oxygen atoms in total. The third kappa shape index (κ3) is 3.68. The number of carbonyl (C=O) groups is 1. The van der Waals surface area contributed by atoms with Crippen LogP contribution in [-0.4, -0.2) is 25.6 Å². The summed E-state index contributed by atoms with van der Waals surface area (Å²) < 4.78 is 2.14. The number of amides is 1. The molecule has 0 radical (unpaired) electrons. The van der Waals surface area contributed by atoms with E-state index in [2.05, 4.69) is 46.9 Å². The van der Waals surface area contributed by atoms with Crippen molar-refractivity contribution >= 4 is 28.6 Å². The molecule has 29 heavy (non-hydrogen) atoms. The summed E-state index contributed by atoms with van der Waals surface area (Å²) in [5, 5.41) is 12.1. The van der Waals surface area contributed by atoms with Crippen molar-refractivity contribution in [3.05, 3.63) is 72.6 Å². The second kappa shape index (κ2) is 7.73. The first kappa shape index (κ1) is 18.6. The van der Waals surface area contributed by atoms with Crippen molar-refractivity contribution in [2.45, 2.75) is 19.9 Å². The average molecular weight is 387 g/mol. The van der Waals surface area contributed by atoms with Crippen molar-refractivity contribution in [1.82, 2.24) is 20.0 Å². The molecule has 4 rings (SSSR count). The quantitative estimate of drug-likeness (QED) is 0.345. The Morgan fingerprint density at radius 1 is 1.07 bits per heavy atom. The fraction of sp³-hybridized carbons (Fsp3) is 0.136. The van der Waals surface area contributed by atoms with Crippen LogP contribution in [0.1, 0.15) is 30.2 Å². The first-order chi connectivity index (χ1) is 14.1. The van der Waals surface area contributed by atoms with Gasteiger partial charge in [0.2, 0.25) is 5.95 Å². The Kier molecular flexibility index (Phi) is 4.97. The number of imidazole rings is 1. The van der Waals surface area contributed by atoms with E-state index in [9.17, 15) is 4.79 Å². The van der Waals surface area contributed by atoms with Gasteiger partial charge < -0.3 is 9.88 Å². The van der Waals surface area contributed by atoms with Gasteiger partial charge in [0, 0.05) is 35.2 Å². The highest BCUT2D eigenvalue weighted by Crippen LogP contribution is 2.30. The van der Waals surface area contributed by atoms with E-state index in [0.29, 0.717) is 5.56 Å². The fourth-order valence-corrected chi connectivity index (χ4v) is 3.32. The molecule has 0 aliphatic heterocycles. The van der Waals surface area contributed by atoms with Crippen LogP contribution in [0.4, 0.5) is 11.6 Å². The third-order valence-corrected chi connectivity index (χ3v) is 4.71.